The minimum absolute atomic E-state index is 0.0424. The quantitative estimate of drug-likeness (QED) is 0.427. The Hall–Kier alpha value is -3.15. The second kappa shape index (κ2) is 3.92. The van der Waals surface area contributed by atoms with Gasteiger partial charge in [-0.25, -0.2) is 4.79 Å². The zero-order valence-corrected chi connectivity index (χ0v) is 10.6. The van der Waals surface area contributed by atoms with Crippen LogP contribution in [-0.4, -0.2) is 9.91 Å². The number of hydrogen-bond donors (Lipinski definition) is 1. The molecule has 6 nitrogen and oxygen atoms in total. The highest BCUT2D eigenvalue weighted by Crippen LogP contribution is 2.31. The molecule has 0 spiro atoms. The maximum Gasteiger partial charge on any atom is 0.344 e. The molecule has 0 atom stereocenters. The molecule has 0 radical (unpaired) electrons. The summed E-state index contributed by atoms with van der Waals surface area (Å²) in [7, 11) is 0. The molecule has 0 aliphatic carbocycles. The van der Waals surface area contributed by atoms with Gasteiger partial charge in [0.1, 0.15) is 0 Å². The molecule has 4 rings (SSSR count). The van der Waals surface area contributed by atoms with Gasteiger partial charge in [0, 0.05) is 22.9 Å². The van der Waals surface area contributed by atoms with Gasteiger partial charge >= 0.3 is 5.63 Å². The summed E-state index contributed by atoms with van der Waals surface area (Å²) in [6.45, 7) is 0. The molecule has 0 bridgehead atoms. The largest absolute Gasteiger partial charge is 0.420 e. The maximum absolute atomic E-state index is 12.0. The molecule has 4 aromatic rings. The van der Waals surface area contributed by atoms with Crippen LogP contribution in [0.1, 0.15) is 0 Å². The number of rotatable bonds is 1. The number of nitrogens with one attached hydrogen (secondary N) is 1. The van der Waals surface area contributed by atoms with Crippen LogP contribution in [-0.2, 0) is 0 Å². The number of nitro groups is 1. The highest BCUT2D eigenvalue weighted by atomic mass is 16.6. The molecule has 6 heteroatoms. The second-order valence-corrected chi connectivity index (χ2v) is 4.75. The van der Waals surface area contributed by atoms with E-state index in [4.69, 9.17) is 4.42 Å². The van der Waals surface area contributed by atoms with Crippen LogP contribution >= 0.6 is 0 Å². The molecule has 0 fully saturated rings. The van der Waals surface area contributed by atoms with Crippen LogP contribution in [0.2, 0.25) is 0 Å². The van der Waals surface area contributed by atoms with Crippen LogP contribution in [0.4, 0.5) is 5.69 Å². The molecule has 0 unspecified atom stereocenters. The Bertz CT molecular complexity index is 1090. The van der Waals surface area contributed by atoms with E-state index in [0.717, 1.165) is 5.39 Å². The highest BCUT2D eigenvalue weighted by Gasteiger charge is 2.15. The van der Waals surface area contributed by atoms with Crippen molar-refractivity contribution < 1.29 is 9.34 Å². The zero-order valence-electron chi connectivity index (χ0n) is 10.6. The lowest BCUT2D eigenvalue weighted by atomic mass is 10.1. The highest BCUT2D eigenvalue weighted by molar-refractivity contribution is 6.13. The predicted molar refractivity (Wildman–Crippen MR) is 78.5 cm³/mol. The standard InChI is InChI=1S/C15H8N2O4/c18-15-10-4-2-1-3-9(10)13-14(21-15)11-7-8(17(19)20)5-6-12(11)16-13/h1-7,16H. The van der Waals surface area contributed by atoms with Crippen LogP contribution < -0.4 is 5.63 Å². The number of nitrogens with zero attached hydrogens (tertiary/aromatic N) is 1. The van der Waals surface area contributed by atoms with Gasteiger partial charge in [-0.15, -0.1) is 0 Å². The summed E-state index contributed by atoms with van der Waals surface area (Å²) in [6, 6.07) is 11.5. The Morgan fingerprint density at radius 2 is 1.81 bits per heavy atom. The normalized spacial score (nSPS) is 11.4. The molecule has 0 aliphatic heterocycles. The van der Waals surface area contributed by atoms with Gasteiger partial charge in [0.2, 0.25) is 0 Å². The van der Waals surface area contributed by atoms with Gasteiger partial charge in [0.15, 0.2) is 5.58 Å². The van der Waals surface area contributed by atoms with Gasteiger partial charge in [-0.05, 0) is 12.1 Å². The summed E-state index contributed by atoms with van der Waals surface area (Å²) in [5.41, 5.74) is 1.21. The van der Waals surface area contributed by atoms with E-state index in [9.17, 15) is 14.9 Å². The Kier molecular flexibility index (Phi) is 2.18. The van der Waals surface area contributed by atoms with Crippen LogP contribution in [0.5, 0.6) is 0 Å². The van der Waals surface area contributed by atoms with Crippen molar-refractivity contribution >= 4 is 38.5 Å². The summed E-state index contributed by atoms with van der Waals surface area (Å²) in [5.74, 6) is 0. The van der Waals surface area contributed by atoms with Crippen molar-refractivity contribution in [1.29, 1.82) is 0 Å². The fraction of sp³-hybridized carbons (Fsp3) is 0. The van der Waals surface area contributed by atoms with Gasteiger partial charge in [-0.1, -0.05) is 18.2 Å². The average Bonchev–Trinajstić information content (AvgIpc) is 2.85. The van der Waals surface area contributed by atoms with Crippen LogP contribution in [0.3, 0.4) is 0 Å². The monoisotopic (exact) mass is 280 g/mol. The molecule has 0 saturated heterocycles. The molecular weight excluding hydrogens is 272 g/mol. The Balaban J connectivity index is 2.25. The molecule has 2 aromatic heterocycles. The molecule has 0 aliphatic rings. The van der Waals surface area contributed by atoms with Gasteiger partial charge in [0.05, 0.1) is 21.3 Å². The van der Waals surface area contributed by atoms with Crippen molar-refractivity contribution in [2.24, 2.45) is 0 Å². The van der Waals surface area contributed by atoms with E-state index in [0.29, 0.717) is 27.4 Å². The Morgan fingerprint density at radius 1 is 1.05 bits per heavy atom. The first-order valence-electron chi connectivity index (χ1n) is 6.27. The first-order chi connectivity index (χ1) is 10.1. The van der Waals surface area contributed by atoms with E-state index in [1.54, 1.807) is 18.2 Å². The van der Waals surface area contributed by atoms with Gasteiger partial charge in [-0.2, -0.15) is 0 Å². The third-order valence-electron chi connectivity index (χ3n) is 3.56. The number of fused-ring (bicyclic) bond motifs is 5. The molecule has 21 heavy (non-hydrogen) atoms. The molecule has 0 saturated carbocycles. The fourth-order valence-electron chi connectivity index (χ4n) is 2.59. The SMILES string of the molecule is O=c1oc2c3cc([N+](=O)[O-])ccc3[nH]c2c2ccccc12. The van der Waals surface area contributed by atoms with Crippen molar-refractivity contribution in [3.63, 3.8) is 0 Å². The summed E-state index contributed by atoms with van der Waals surface area (Å²) in [6.07, 6.45) is 0. The Morgan fingerprint density at radius 3 is 2.57 bits per heavy atom. The molecule has 1 N–H and O–H groups in total. The lowest BCUT2D eigenvalue weighted by Gasteiger charge is -1.97. The van der Waals surface area contributed by atoms with Crippen LogP contribution in [0.15, 0.2) is 51.7 Å². The second-order valence-electron chi connectivity index (χ2n) is 4.75. The number of H-pyrrole nitrogens is 1. The van der Waals surface area contributed by atoms with E-state index in [-0.39, 0.29) is 5.69 Å². The molecule has 102 valence electrons. The van der Waals surface area contributed by atoms with Gasteiger partial charge < -0.3 is 9.40 Å². The maximum atomic E-state index is 12.0. The fourth-order valence-corrected chi connectivity index (χ4v) is 2.59. The average molecular weight is 280 g/mol. The number of aromatic amines is 1. The lowest BCUT2D eigenvalue weighted by Crippen LogP contribution is -1.98. The minimum Gasteiger partial charge on any atom is -0.420 e. The summed E-state index contributed by atoms with van der Waals surface area (Å²) >= 11 is 0. The number of benzene rings is 2. The Labute approximate surface area is 116 Å². The topological polar surface area (TPSA) is 89.1 Å². The lowest BCUT2D eigenvalue weighted by molar-refractivity contribution is -0.384. The molecule has 2 heterocycles. The van der Waals surface area contributed by atoms with Crippen LogP contribution in [0.25, 0.3) is 32.8 Å². The van der Waals surface area contributed by atoms with Gasteiger partial charge in [-0.3, -0.25) is 10.1 Å². The number of hydrogen-bond acceptors (Lipinski definition) is 4. The molecule has 0 amide bonds. The summed E-state index contributed by atoms with van der Waals surface area (Å²) in [5, 5.41) is 12.6. The number of aromatic nitrogens is 1. The third kappa shape index (κ3) is 1.56. The predicted octanol–water partition coefficient (Wildman–Crippen LogP) is 3.34. The number of non-ortho nitro benzene ring substituents is 1. The smallest absolute Gasteiger partial charge is 0.344 e. The van der Waals surface area contributed by atoms with Crippen molar-refractivity contribution in [3.8, 4) is 0 Å². The van der Waals surface area contributed by atoms with E-state index >= 15 is 0 Å². The first kappa shape index (κ1) is 11.7. The van der Waals surface area contributed by atoms with E-state index in [1.807, 2.05) is 12.1 Å². The van der Waals surface area contributed by atoms with E-state index in [1.165, 1.54) is 12.1 Å². The van der Waals surface area contributed by atoms with E-state index < -0.39 is 10.5 Å². The first-order valence-corrected chi connectivity index (χ1v) is 6.27. The minimum atomic E-state index is -0.475. The van der Waals surface area contributed by atoms with Crippen molar-refractivity contribution in [3.05, 3.63) is 63.0 Å². The summed E-state index contributed by atoms with van der Waals surface area (Å²) in [4.78, 5) is 25.6. The van der Waals surface area contributed by atoms with Gasteiger partial charge in [0.25, 0.3) is 5.69 Å². The van der Waals surface area contributed by atoms with Crippen molar-refractivity contribution in [2.75, 3.05) is 0 Å². The third-order valence-corrected chi connectivity index (χ3v) is 3.56. The van der Waals surface area contributed by atoms with Crippen molar-refractivity contribution in [2.45, 2.75) is 0 Å². The van der Waals surface area contributed by atoms with Crippen LogP contribution in [0, 0.1) is 10.1 Å². The molecule has 2 aromatic carbocycles. The number of nitro benzene ring substituents is 1. The molecular formula is C15H8N2O4. The van der Waals surface area contributed by atoms with E-state index in [2.05, 4.69) is 4.98 Å². The summed E-state index contributed by atoms with van der Waals surface area (Å²) < 4.78 is 5.35. The zero-order chi connectivity index (χ0) is 14.6. The van der Waals surface area contributed by atoms with Crippen molar-refractivity contribution in [1.82, 2.24) is 4.98 Å².